The number of pyridine rings is 1. The molecule has 0 unspecified atom stereocenters. The van der Waals surface area contributed by atoms with Crippen LogP contribution in [0.3, 0.4) is 0 Å². The smallest absolute Gasteiger partial charge is 0.343 e. The van der Waals surface area contributed by atoms with Crippen LogP contribution < -0.4 is 10.6 Å². The number of benzene rings is 2. The fraction of sp³-hybridized carbons (Fsp3) is 0.0952. The van der Waals surface area contributed by atoms with Gasteiger partial charge in [0.25, 0.3) is 11.8 Å². The topological polar surface area (TPSA) is 71.1 Å². The lowest BCUT2D eigenvalue weighted by Crippen LogP contribution is -2.33. The summed E-state index contributed by atoms with van der Waals surface area (Å²) in [5.74, 6) is -1.52. The predicted molar refractivity (Wildman–Crippen MR) is 112 cm³/mol. The summed E-state index contributed by atoms with van der Waals surface area (Å²) in [6, 6.07) is 13.9. The molecule has 10 heteroatoms. The molecule has 0 aliphatic carbocycles. The van der Waals surface area contributed by atoms with E-state index in [2.05, 4.69) is 10.3 Å². The Bertz CT molecular complexity index is 1120. The van der Waals surface area contributed by atoms with Gasteiger partial charge in [-0.25, -0.2) is 0 Å². The molecule has 1 aromatic heterocycles. The minimum absolute atomic E-state index is 0.117. The molecule has 0 spiro atoms. The van der Waals surface area contributed by atoms with Crippen LogP contribution in [-0.2, 0) is 0 Å². The van der Waals surface area contributed by atoms with E-state index >= 15 is 0 Å². The first-order valence-electron chi connectivity index (χ1n) is 8.81. The highest BCUT2D eigenvalue weighted by Crippen LogP contribution is 2.29. The van der Waals surface area contributed by atoms with Crippen LogP contribution >= 0.6 is 23.2 Å². The van der Waals surface area contributed by atoms with Crippen LogP contribution in [0.15, 0.2) is 60.8 Å². The number of carbonyl (C=O) groups is 2. The zero-order chi connectivity index (χ0) is 22.6. The molecule has 3 rings (SSSR count). The van der Waals surface area contributed by atoms with Gasteiger partial charge in [-0.1, -0.05) is 29.3 Å². The zero-order valence-corrected chi connectivity index (χ0v) is 17.1. The Hall–Kier alpha value is -3.10. The van der Waals surface area contributed by atoms with Crippen LogP contribution in [0, 0.1) is 0 Å². The van der Waals surface area contributed by atoms with Crippen molar-refractivity contribution in [2.75, 3.05) is 11.9 Å². The number of hydrogen-bond acceptors (Lipinski definition) is 3. The number of rotatable bonds is 5. The third kappa shape index (κ3) is 5.96. The van der Waals surface area contributed by atoms with E-state index < -0.39 is 24.5 Å². The summed E-state index contributed by atoms with van der Waals surface area (Å²) in [6.07, 6.45) is -2.93. The minimum atomic E-state index is -4.55. The SMILES string of the molecule is O=C(Nc1ccc(Cl)c(-c2ccccn2)c1)c1ccc(C(=O)NCC(F)(F)F)c(Cl)c1. The molecule has 0 saturated heterocycles. The molecule has 0 aliphatic rings. The van der Waals surface area contributed by atoms with Gasteiger partial charge in [-0.05, 0) is 48.5 Å². The maximum atomic E-state index is 12.6. The Morgan fingerprint density at radius 1 is 0.935 bits per heavy atom. The van der Waals surface area contributed by atoms with Crippen molar-refractivity contribution < 1.29 is 22.8 Å². The predicted octanol–water partition coefficient (Wildman–Crippen LogP) is 5.60. The van der Waals surface area contributed by atoms with Crippen molar-refractivity contribution >= 4 is 40.7 Å². The Balaban J connectivity index is 1.75. The normalized spacial score (nSPS) is 11.1. The number of anilines is 1. The first-order chi connectivity index (χ1) is 14.6. The molecule has 5 nitrogen and oxygen atoms in total. The summed E-state index contributed by atoms with van der Waals surface area (Å²) in [4.78, 5) is 28.7. The summed E-state index contributed by atoms with van der Waals surface area (Å²) >= 11 is 12.2. The van der Waals surface area contributed by atoms with E-state index in [1.165, 1.54) is 18.2 Å². The van der Waals surface area contributed by atoms with Crippen LogP contribution in [-0.4, -0.2) is 29.5 Å². The molecule has 0 bridgehead atoms. The molecule has 0 aliphatic heterocycles. The highest BCUT2D eigenvalue weighted by molar-refractivity contribution is 6.34. The molecule has 2 aromatic carbocycles. The van der Waals surface area contributed by atoms with E-state index in [0.29, 0.717) is 22.0 Å². The third-order valence-electron chi connectivity index (χ3n) is 4.09. The van der Waals surface area contributed by atoms with Crippen molar-refractivity contribution in [1.29, 1.82) is 0 Å². The highest BCUT2D eigenvalue weighted by Gasteiger charge is 2.28. The monoisotopic (exact) mass is 467 g/mol. The van der Waals surface area contributed by atoms with Gasteiger partial charge in [0.2, 0.25) is 0 Å². The fourth-order valence-corrected chi connectivity index (χ4v) is 3.12. The quantitative estimate of drug-likeness (QED) is 0.512. The van der Waals surface area contributed by atoms with Crippen molar-refractivity contribution in [3.05, 3.63) is 82.0 Å². The maximum absolute atomic E-state index is 12.6. The zero-order valence-electron chi connectivity index (χ0n) is 15.6. The molecule has 1 heterocycles. The lowest BCUT2D eigenvalue weighted by Gasteiger charge is -2.11. The average molecular weight is 468 g/mol. The fourth-order valence-electron chi connectivity index (χ4n) is 2.64. The molecule has 0 atom stereocenters. The Morgan fingerprint density at radius 3 is 2.35 bits per heavy atom. The third-order valence-corrected chi connectivity index (χ3v) is 4.73. The van der Waals surface area contributed by atoms with E-state index in [0.717, 1.165) is 0 Å². The van der Waals surface area contributed by atoms with E-state index in [9.17, 15) is 22.8 Å². The van der Waals surface area contributed by atoms with E-state index in [1.54, 1.807) is 47.9 Å². The van der Waals surface area contributed by atoms with Crippen molar-refractivity contribution in [3.8, 4) is 11.3 Å². The number of amides is 2. The summed E-state index contributed by atoms with van der Waals surface area (Å²) in [5, 5.41) is 4.71. The molecule has 31 heavy (non-hydrogen) atoms. The molecular formula is C21H14Cl2F3N3O2. The standard InChI is InChI=1S/C21H14Cl2F3N3O2/c22-16-7-5-13(10-15(16)18-3-1-2-8-27-18)29-19(30)12-4-6-14(17(23)9-12)20(31)28-11-21(24,25)26/h1-10H,11H2,(H,28,31)(H,29,30). The molecule has 0 fully saturated rings. The lowest BCUT2D eigenvalue weighted by molar-refractivity contribution is -0.123. The van der Waals surface area contributed by atoms with Crippen LogP contribution in [0.2, 0.25) is 10.0 Å². The molecule has 2 amide bonds. The summed E-state index contributed by atoms with van der Waals surface area (Å²) in [6.45, 7) is -1.49. The molecular weight excluding hydrogens is 454 g/mol. The van der Waals surface area contributed by atoms with Gasteiger partial charge in [0, 0.05) is 23.0 Å². The maximum Gasteiger partial charge on any atom is 0.405 e. The molecule has 160 valence electrons. The van der Waals surface area contributed by atoms with Gasteiger partial charge in [-0.2, -0.15) is 13.2 Å². The first-order valence-corrected chi connectivity index (χ1v) is 9.56. The van der Waals surface area contributed by atoms with Crippen molar-refractivity contribution in [2.24, 2.45) is 0 Å². The van der Waals surface area contributed by atoms with Gasteiger partial charge in [-0.3, -0.25) is 14.6 Å². The van der Waals surface area contributed by atoms with E-state index in [-0.39, 0.29) is 16.1 Å². The lowest BCUT2D eigenvalue weighted by atomic mass is 10.1. The first kappa shape index (κ1) is 22.6. The van der Waals surface area contributed by atoms with Crippen molar-refractivity contribution in [2.45, 2.75) is 6.18 Å². The molecule has 0 radical (unpaired) electrons. The second kappa shape index (κ2) is 9.36. The van der Waals surface area contributed by atoms with Gasteiger partial charge >= 0.3 is 6.18 Å². The number of nitrogens with one attached hydrogen (secondary N) is 2. The Kier molecular flexibility index (Phi) is 6.82. The number of carbonyl (C=O) groups excluding carboxylic acids is 2. The highest BCUT2D eigenvalue weighted by atomic mass is 35.5. The van der Waals surface area contributed by atoms with Crippen LogP contribution in [0.25, 0.3) is 11.3 Å². The van der Waals surface area contributed by atoms with E-state index in [1.807, 2.05) is 0 Å². The number of alkyl halides is 3. The van der Waals surface area contributed by atoms with Gasteiger partial charge in [-0.15, -0.1) is 0 Å². The number of halogens is 5. The Labute approximate surface area is 185 Å². The summed E-state index contributed by atoms with van der Waals surface area (Å²) < 4.78 is 36.8. The Morgan fingerprint density at radius 2 is 1.71 bits per heavy atom. The van der Waals surface area contributed by atoms with Gasteiger partial charge in [0.15, 0.2) is 0 Å². The molecule has 0 saturated carbocycles. The molecule has 3 aromatic rings. The average Bonchev–Trinajstić information content (AvgIpc) is 2.73. The van der Waals surface area contributed by atoms with Crippen LogP contribution in [0.1, 0.15) is 20.7 Å². The van der Waals surface area contributed by atoms with Crippen LogP contribution in [0.5, 0.6) is 0 Å². The van der Waals surface area contributed by atoms with Gasteiger partial charge < -0.3 is 10.6 Å². The second-order valence-corrected chi connectivity index (χ2v) is 7.17. The van der Waals surface area contributed by atoms with Gasteiger partial charge in [0.05, 0.1) is 21.3 Å². The molecule has 2 N–H and O–H groups in total. The van der Waals surface area contributed by atoms with Gasteiger partial charge in [0.1, 0.15) is 6.54 Å². The van der Waals surface area contributed by atoms with Crippen molar-refractivity contribution in [1.82, 2.24) is 10.3 Å². The minimum Gasteiger partial charge on any atom is -0.343 e. The van der Waals surface area contributed by atoms with E-state index in [4.69, 9.17) is 23.2 Å². The number of hydrogen-bond donors (Lipinski definition) is 2. The number of aromatic nitrogens is 1. The number of nitrogens with zero attached hydrogens (tertiary/aromatic N) is 1. The van der Waals surface area contributed by atoms with Crippen molar-refractivity contribution in [3.63, 3.8) is 0 Å². The summed E-state index contributed by atoms with van der Waals surface area (Å²) in [7, 11) is 0. The largest absolute Gasteiger partial charge is 0.405 e. The summed E-state index contributed by atoms with van der Waals surface area (Å²) in [5.41, 5.74) is 1.63. The van der Waals surface area contributed by atoms with Crippen LogP contribution in [0.4, 0.5) is 18.9 Å². The second-order valence-electron chi connectivity index (χ2n) is 6.36.